The summed E-state index contributed by atoms with van der Waals surface area (Å²) in [6, 6.07) is 2.41. The van der Waals surface area contributed by atoms with E-state index in [4.69, 9.17) is 5.11 Å². The molecule has 0 saturated heterocycles. The normalized spacial score (nSPS) is 12.4. The fourth-order valence-electron chi connectivity index (χ4n) is 1.97. The van der Waals surface area contributed by atoms with E-state index in [1.165, 1.54) is 19.9 Å². The van der Waals surface area contributed by atoms with Crippen LogP contribution in [-0.4, -0.2) is 31.4 Å². The van der Waals surface area contributed by atoms with Crippen LogP contribution in [0.5, 0.6) is 0 Å². The van der Waals surface area contributed by atoms with Crippen LogP contribution in [0.25, 0.3) is 0 Å². The molecule has 0 aliphatic rings. The fraction of sp³-hybridized carbons (Fsp3) is 0.462. The quantitative estimate of drug-likeness (QED) is 0.903. The van der Waals surface area contributed by atoms with E-state index >= 15 is 0 Å². The summed E-state index contributed by atoms with van der Waals surface area (Å²) in [6.45, 7) is 3.01. The molecule has 1 N–H and O–H groups in total. The highest BCUT2D eigenvalue weighted by molar-refractivity contribution is 7.91. The highest BCUT2D eigenvalue weighted by atomic mass is 32.2. The first kappa shape index (κ1) is 17.5. The van der Waals surface area contributed by atoms with E-state index in [2.05, 4.69) is 0 Å². The lowest BCUT2D eigenvalue weighted by molar-refractivity contribution is -0.134. The molecule has 0 atom stereocenters. The number of sulfone groups is 1. The van der Waals surface area contributed by atoms with Crippen LogP contribution in [-0.2, 0) is 9.84 Å². The van der Waals surface area contributed by atoms with E-state index < -0.39 is 40.6 Å². The Hall–Kier alpha value is -1.57. The van der Waals surface area contributed by atoms with Gasteiger partial charge in [0.05, 0.1) is 16.2 Å². The van der Waals surface area contributed by atoms with Gasteiger partial charge >= 0.3 is 12.1 Å². The zero-order chi connectivity index (χ0) is 16.4. The lowest BCUT2D eigenvalue weighted by atomic mass is 10.1. The standard InChI is InChI=1S/C13H15F3O4S/c1-8-6-9(2)11(7-10(8)12(17)18)21(19,20)5-3-4-13(14,15)16/h6-7H,3-5H2,1-2H3,(H,17,18). The Labute approximate surface area is 120 Å². The SMILES string of the molecule is Cc1cc(C)c(S(=O)(=O)CCCC(F)(F)F)cc1C(=O)O. The van der Waals surface area contributed by atoms with Crippen LogP contribution in [0.2, 0.25) is 0 Å². The molecule has 118 valence electrons. The number of alkyl halides is 3. The molecule has 0 unspecified atom stereocenters. The van der Waals surface area contributed by atoms with Gasteiger partial charge in [-0.1, -0.05) is 6.07 Å². The average Bonchev–Trinajstić information content (AvgIpc) is 2.25. The maximum Gasteiger partial charge on any atom is 0.389 e. The van der Waals surface area contributed by atoms with Gasteiger partial charge in [0.2, 0.25) is 0 Å². The van der Waals surface area contributed by atoms with Gasteiger partial charge in [0.25, 0.3) is 0 Å². The topological polar surface area (TPSA) is 71.4 Å². The number of carboxylic acid groups (broad SMARTS) is 1. The van der Waals surface area contributed by atoms with Crippen molar-refractivity contribution in [3.8, 4) is 0 Å². The van der Waals surface area contributed by atoms with Crippen LogP contribution in [0.1, 0.15) is 34.3 Å². The van der Waals surface area contributed by atoms with Crippen molar-refractivity contribution < 1.29 is 31.5 Å². The van der Waals surface area contributed by atoms with Gasteiger partial charge in [0.1, 0.15) is 0 Å². The third-order valence-electron chi connectivity index (χ3n) is 2.96. The van der Waals surface area contributed by atoms with Gasteiger partial charge in [-0.05, 0) is 37.5 Å². The highest BCUT2D eigenvalue weighted by Crippen LogP contribution is 2.25. The van der Waals surface area contributed by atoms with E-state index in [-0.39, 0.29) is 10.5 Å². The Morgan fingerprint density at radius 3 is 2.24 bits per heavy atom. The first-order valence-electron chi connectivity index (χ1n) is 6.08. The number of hydrogen-bond donors (Lipinski definition) is 1. The third-order valence-corrected chi connectivity index (χ3v) is 4.90. The number of benzene rings is 1. The maximum atomic E-state index is 12.1. The molecular weight excluding hydrogens is 309 g/mol. The molecule has 0 bridgehead atoms. The summed E-state index contributed by atoms with van der Waals surface area (Å²) < 4.78 is 60.3. The summed E-state index contributed by atoms with van der Waals surface area (Å²) in [6.07, 6.45) is -6.16. The molecule has 21 heavy (non-hydrogen) atoms. The van der Waals surface area contributed by atoms with Crippen molar-refractivity contribution in [2.45, 2.75) is 37.8 Å². The van der Waals surface area contributed by atoms with Gasteiger partial charge in [-0.25, -0.2) is 13.2 Å². The minimum Gasteiger partial charge on any atom is -0.478 e. The number of carbonyl (C=O) groups is 1. The maximum absolute atomic E-state index is 12.1. The number of carboxylic acids is 1. The first-order chi connectivity index (χ1) is 9.44. The molecule has 8 heteroatoms. The highest BCUT2D eigenvalue weighted by Gasteiger charge is 2.28. The van der Waals surface area contributed by atoms with E-state index in [1.807, 2.05) is 0 Å². The van der Waals surface area contributed by atoms with Crippen LogP contribution in [0.15, 0.2) is 17.0 Å². The van der Waals surface area contributed by atoms with Crippen molar-refractivity contribution in [3.63, 3.8) is 0 Å². The lowest BCUT2D eigenvalue weighted by Gasteiger charge is -2.11. The number of rotatable bonds is 5. The summed E-state index contributed by atoms with van der Waals surface area (Å²) >= 11 is 0. The Bertz CT molecular complexity index is 648. The number of hydrogen-bond acceptors (Lipinski definition) is 3. The van der Waals surface area contributed by atoms with Gasteiger partial charge in [-0.3, -0.25) is 0 Å². The van der Waals surface area contributed by atoms with Crippen LogP contribution < -0.4 is 0 Å². The van der Waals surface area contributed by atoms with Crippen molar-refractivity contribution in [2.24, 2.45) is 0 Å². The zero-order valence-electron chi connectivity index (χ0n) is 11.5. The fourth-order valence-corrected chi connectivity index (χ4v) is 3.56. The molecule has 0 aromatic heterocycles. The number of halogens is 3. The molecule has 1 aromatic rings. The van der Waals surface area contributed by atoms with Crippen LogP contribution in [0, 0.1) is 13.8 Å². The van der Waals surface area contributed by atoms with Crippen molar-refractivity contribution in [3.05, 3.63) is 28.8 Å². The first-order valence-corrected chi connectivity index (χ1v) is 7.73. The zero-order valence-corrected chi connectivity index (χ0v) is 12.3. The molecule has 0 amide bonds. The molecule has 0 aliphatic carbocycles. The van der Waals surface area contributed by atoms with Crippen molar-refractivity contribution >= 4 is 15.8 Å². The van der Waals surface area contributed by atoms with Crippen LogP contribution in [0.3, 0.4) is 0 Å². The summed E-state index contributed by atoms with van der Waals surface area (Å²) in [4.78, 5) is 10.8. The Balaban J connectivity index is 3.08. The summed E-state index contributed by atoms with van der Waals surface area (Å²) in [5.41, 5.74) is 0.550. The van der Waals surface area contributed by atoms with E-state index in [0.29, 0.717) is 11.1 Å². The minimum absolute atomic E-state index is 0.171. The summed E-state index contributed by atoms with van der Waals surface area (Å²) in [7, 11) is -3.95. The van der Waals surface area contributed by atoms with Crippen molar-refractivity contribution in [1.82, 2.24) is 0 Å². The molecule has 1 aromatic carbocycles. The van der Waals surface area contributed by atoms with Crippen molar-refractivity contribution in [2.75, 3.05) is 5.75 Å². The predicted octanol–water partition coefficient (Wildman–Crippen LogP) is 3.12. The summed E-state index contributed by atoms with van der Waals surface area (Å²) in [5.74, 6) is -1.95. The minimum atomic E-state index is -4.41. The molecule has 0 aliphatic heterocycles. The second-order valence-electron chi connectivity index (χ2n) is 4.78. The Kier molecular flexibility index (Phi) is 5.03. The monoisotopic (exact) mass is 324 g/mol. The van der Waals surface area contributed by atoms with E-state index in [1.54, 1.807) is 0 Å². The molecule has 0 fully saturated rings. The second kappa shape index (κ2) is 6.05. The molecular formula is C13H15F3O4S. The molecule has 0 spiro atoms. The molecule has 0 heterocycles. The second-order valence-corrected chi connectivity index (χ2v) is 6.85. The number of aryl methyl sites for hydroxylation is 2. The van der Waals surface area contributed by atoms with Gasteiger partial charge in [-0.15, -0.1) is 0 Å². The largest absolute Gasteiger partial charge is 0.478 e. The van der Waals surface area contributed by atoms with E-state index in [0.717, 1.165) is 6.07 Å². The molecule has 1 rings (SSSR count). The van der Waals surface area contributed by atoms with Crippen molar-refractivity contribution in [1.29, 1.82) is 0 Å². The molecule has 0 radical (unpaired) electrons. The third kappa shape index (κ3) is 4.73. The van der Waals surface area contributed by atoms with Gasteiger partial charge < -0.3 is 5.11 Å². The average molecular weight is 324 g/mol. The van der Waals surface area contributed by atoms with Gasteiger partial charge in [-0.2, -0.15) is 13.2 Å². The van der Waals surface area contributed by atoms with E-state index in [9.17, 15) is 26.4 Å². The summed E-state index contributed by atoms with van der Waals surface area (Å²) in [5, 5.41) is 8.99. The predicted molar refractivity (Wildman–Crippen MR) is 70.2 cm³/mol. The Morgan fingerprint density at radius 2 is 1.76 bits per heavy atom. The van der Waals surface area contributed by atoms with Gasteiger partial charge in [0.15, 0.2) is 9.84 Å². The van der Waals surface area contributed by atoms with Gasteiger partial charge in [0, 0.05) is 6.42 Å². The molecule has 0 saturated carbocycles. The van der Waals surface area contributed by atoms with Crippen LogP contribution in [0.4, 0.5) is 13.2 Å². The van der Waals surface area contributed by atoms with Crippen LogP contribution >= 0.6 is 0 Å². The Morgan fingerprint density at radius 1 is 1.19 bits per heavy atom. The smallest absolute Gasteiger partial charge is 0.389 e. The number of aromatic carboxylic acids is 1. The molecule has 4 nitrogen and oxygen atoms in total. The lowest BCUT2D eigenvalue weighted by Crippen LogP contribution is -2.14.